The lowest BCUT2D eigenvalue weighted by atomic mass is 9.51. The first kappa shape index (κ1) is 25.8. The van der Waals surface area contributed by atoms with E-state index in [0.29, 0.717) is 18.8 Å². The molecule has 0 spiro atoms. The minimum absolute atomic E-state index is 0.117. The zero-order chi connectivity index (χ0) is 26.4. The lowest BCUT2D eigenvalue weighted by molar-refractivity contribution is -0.168. The van der Waals surface area contributed by atoms with Gasteiger partial charge in [0.05, 0.1) is 12.8 Å². The van der Waals surface area contributed by atoms with Crippen molar-refractivity contribution in [3.8, 4) is 11.3 Å². The fraction of sp³-hybridized carbons (Fsp3) is 0.516. The highest BCUT2D eigenvalue weighted by Gasteiger charge is 2.65. The number of esters is 1. The Labute approximate surface area is 223 Å². The smallest absolute Gasteiger partial charge is 0.307 e. The summed E-state index contributed by atoms with van der Waals surface area (Å²) in [5.74, 6) is 2.43. The molecule has 2 fully saturated rings. The second-order valence-corrected chi connectivity index (χ2v) is 11.5. The molecule has 5 rings (SSSR count). The summed E-state index contributed by atoms with van der Waals surface area (Å²) in [6.45, 7) is 4.27. The number of aryl methyl sites for hydroxylation is 1. The number of ketones is 1. The average Bonchev–Trinajstić information content (AvgIpc) is 3.14. The number of hydrogen-bond donors (Lipinski definition) is 1. The Balaban J connectivity index is 1.61. The normalized spacial score (nSPS) is 32.4. The summed E-state index contributed by atoms with van der Waals surface area (Å²) in [5, 5.41) is 11.6. The lowest BCUT2D eigenvalue weighted by Crippen LogP contribution is -2.53. The van der Waals surface area contributed by atoms with Crippen molar-refractivity contribution in [3.63, 3.8) is 0 Å². The standard InChI is InChI=1S/C31H33ClO5/c1-19-3-5-20(6-4-19)25-18-30(2)26(24-9-7-21-17-22(33)8-10-23(21)29(24)25)13-14-31(30,15-16-32)37-28(36)12-11-27(34)35/h3-6,17,24-26H,7-14,18H2,1-2H3,(H,34,35)/t24?,25-,26?,30+,31-/m1/s1. The Bertz CT molecular complexity index is 1260. The summed E-state index contributed by atoms with van der Waals surface area (Å²) in [5.41, 5.74) is 4.93. The van der Waals surface area contributed by atoms with Crippen LogP contribution in [0.1, 0.15) is 81.8 Å². The van der Waals surface area contributed by atoms with E-state index in [1.54, 1.807) is 0 Å². The third kappa shape index (κ3) is 4.44. The van der Waals surface area contributed by atoms with Gasteiger partial charge in [0.15, 0.2) is 11.4 Å². The molecule has 0 aliphatic heterocycles. The minimum Gasteiger partial charge on any atom is -0.481 e. The highest BCUT2D eigenvalue weighted by molar-refractivity contribution is 6.30. The van der Waals surface area contributed by atoms with Gasteiger partial charge in [-0.05, 0) is 97.6 Å². The van der Waals surface area contributed by atoms with Crippen LogP contribution in [0.3, 0.4) is 0 Å². The van der Waals surface area contributed by atoms with Gasteiger partial charge in [-0.25, -0.2) is 0 Å². The van der Waals surface area contributed by atoms with E-state index >= 15 is 0 Å². The first-order valence-electron chi connectivity index (χ1n) is 13.3. The quantitative estimate of drug-likeness (QED) is 0.367. The van der Waals surface area contributed by atoms with Gasteiger partial charge in [-0.3, -0.25) is 14.4 Å². The van der Waals surface area contributed by atoms with Crippen LogP contribution in [-0.4, -0.2) is 28.4 Å². The monoisotopic (exact) mass is 520 g/mol. The predicted octanol–water partition coefficient (Wildman–Crippen LogP) is 6.24. The van der Waals surface area contributed by atoms with E-state index in [1.165, 1.54) is 27.8 Å². The number of halogens is 1. The van der Waals surface area contributed by atoms with E-state index in [9.17, 15) is 14.4 Å². The van der Waals surface area contributed by atoms with Gasteiger partial charge < -0.3 is 9.84 Å². The Kier molecular flexibility index (Phi) is 6.83. The number of fused-ring (bicyclic) bond motifs is 4. The van der Waals surface area contributed by atoms with E-state index in [0.717, 1.165) is 32.1 Å². The van der Waals surface area contributed by atoms with Crippen LogP contribution in [0, 0.1) is 35.5 Å². The number of hydrogen-bond acceptors (Lipinski definition) is 4. The van der Waals surface area contributed by atoms with E-state index in [-0.39, 0.29) is 30.5 Å². The van der Waals surface area contributed by atoms with Crippen molar-refractivity contribution in [3.05, 3.63) is 58.2 Å². The third-order valence-electron chi connectivity index (χ3n) is 9.41. The van der Waals surface area contributed by atoms with Gasteiger partial charge in [0.1, 0.15) is 0 Å². The highest BCUT2D eigenvalue weighted by atomic mass is 35.5. The van der Waals surface area contributed by atoms with Crippen molar-refractivity contribution in [2.24, 2.45) is 17.3 Å². The number of rotatable bonds is 5. The molecule has 5 atom stereocenters. The molecule has 4 aliphatic carbocycles. The molecule has 0 aromatic heterocycles. The SMILES string of the molecule is Cc1ccc([C@H]2C[C@@]3(C)C(CC[C@]3(C#CCl)OC(=O)CCC(=O)O)C3CCC4=CC(=O)CCC4=C32)cc1. The van der Waals surface area contributed by atoms with Crippen LogP contribution in [0.2, 0.25) is 0 Å². The zero-order valence-corrected chi connectivity index (χ0v) is 22.2. The van der Waals surface area contributed by atoms with Crippen LogP contribution in [0.4, 0.5) is 0 Å². The van der Waals surface area contributed by atoms with Crippen molar-refractivity contribution in [2.45, 2.75) is 83.2 Å². The number of carboxylic acid groups (broad SMARTS) is 1. The van der Waals surface area contributed by atoms with E-state index in [2.05, 4.69) is 49.4 Å². The van der Waals surface area contributed by atoms with Crippen molar-refractivity contribution in [1.29, 1.82) is 0 Å². The average molecular weight is 521 g/mol. The highest BCUT2D eigenvalue weighted by Crippen LogP contribution is 2.67. The fourth-order valence-electron chi connectivity index (χ4n) is 7.68. The number of benzene rings is 1. The molecule has 0 amide bonds. The van der Waals surface area contributed by atoms with Gasteiger partial charge in [0.2, 0.25) is 0 Å². The molecular weight excluding hydrogens is 488 g/mol. The number of carboxylic acids is 1. The van der Waals surface area contributed by atoms with Crippen molar-refractivity contribution in [2.75, 3.05) is 0 Å². The number of carbonyl (C=O) groups excluding carboxylic acids is 2. The van der Waals surface area contributed by atoms with E-state index < -0.39 is 23.0 Å². The largest absolute Gasteiger partial charge is 0.481 e. The van der Waals surface area contributed by atoms with Crippen LogP contribution in [0.5, 0.6) is 0 Å². The van der Waals surface area contributed by atoms with Crippen LogP contribution >= 0.6 is 11.6 Å². The van der Waals surface area contributed by atoms with E-state index in [4.69, 9.17) is 21.4 Å². The summed E-state index contributed by atoms with van der Waals surface area (Å²) in [6.07, 6.45) is 6.76. The van der Waals surface area contributed by atoms with Gasteiger partial charge in [-0.1, -0.05) is 42.3 Å². The Morgan fingerprint density at radius 2 is 1.89 bits per heavy atom. The molecule has 0 bridgehead atoms. The first-order chi connectivity index (χ1) is 17.7. The van der Waals surface area contributed by atoms with Gasteiger partial charge in [0, 0.05) is 23.1 Å². The summed E-state index contributed by atoms with van der Waals surface area (Å²) in [6, 6.07) is 8.67. The predicted molar refractivity (Wildman–Crippen MR) is 141 cm³/mol. The molecule has 1 aromatic carbocycles. The molecule has 1 N–H and O–H groups in total. The van der Waals surface area contributed by atoms with Gasteiger partial charge >= 0.3 is 11.9 Å². The van der Waals surface area contributed by atoms with Gasteiger partial charge in [0.25, 0.3) is 0 Å². The number of allylic oxidation sites excluding steroid dienone is 4. The maximum atomic E-state index is 12.8. The molecule has 37 heavy (non-hydrogen) atoms. The second kappa shape index (κ2) is 9.80. The molecule has 5 nitrogen and oxygen atoms in total. The molecule has 194 valence electrons. The summed E-state index contributed by atoms with van der Waals surface area (Å²) < 4.78 is 6.13. The number of carbonyl (C=O) groups is 3. The van der Waals surface area contributed by atoms with E-state index in [1.807, 2.05) is 6.08 Å². The molecule has 6 heteroatoms. The third-order valence-corrected chi connectivity index (χ3v) is 9.51. The molecule has 1 aromatic rings. The summed E-state index contributed by atoms with van der Waals surface area (Å²) in [7, 11) is 0. The van der Waals surface area contributed by atoms with Gasteiger partial charge in [-0.15, -0.1) is 0 Å². The van der Waals surface area contributed by atoms with Crippen molar-refractivity contribution in [1.82, 2.24) is 0 Å². The Morgan fingerprint density at radius 1 is 1.14 bits per heavy atom. The second-order valence-electron chi connectivity index (χ2n) is 11.4. The van der Waals surface area contributed by atoms with Crippen LogP contribution in [-0.2, 0) is 19.1 Å². The molecule has 0 saturated heterocycles. The Morgan fingerprint density at radius 3 is 2.59 bits per heavy atom. The summed E-state index contributed by atoms with van der Waals surface area (Å²) >= 11 is 5.99. The Hall–Kier alpha value is -2.84. The molecule has 0 heterocycles. The molecule has 2 saturated carbocycles. The molecule has 4 aliphatic rings. The topological polar surface area (TPSA) is 80.7 Å². The maximum Gasteiger partial charge on any atom is 0.307 e. The maximum absolute atomic E-state index is 12.8. The van der Waals surface area contributed by atoms with Crippen molar-refractivity contribution >= 4 is 29.3 Å². The number of aliphatic carboxylic acids is 1. The van der Waals surface area contributed by atoms with Gasteiger partial charge in [-0.2, -0.15) is 0 Å². The fourth-order valence-corrected chi connectivity index (χ4v) is 7.83. The van der Waals surface area contributed by atoms with Crippen LogP contribution in [0.15, 0.2) is 47.1 Å². The number of ether oxygens (including phenoxy) is 1. The zero-order valence-electron chi connectivity index (χ0n) is 21.4. The van der Waals surface area contributed by atoms with Crippen molar-refractivity contribution < 1.29 is 24.2 Å². The molecular formula is C31H33ClO5. The summed E-state index contributed by atoms with van der Waals surface area (Å²) in [4.78, 5) is 36.2. The molecule has 2 unspecified atom stereocenters. The molecule has 0 radical (unpaired) electrons. The minimum atomic E-state index is -1.06. The lowest BCUT2D eigenvalue weighted by Gasteiger charge is -2.54. The van der Waals surface area contributed by atoms with Crippen LogP contribution < -0.4 is 0 Å². The first-order valence-corrected chi connectivity index (χ1v) is 13.6. The van der Waals surface area contributed by atoms with Crippen LogP contribution in [0.25, 0.3) is 0 Å².